The molecule has 0 aromatic rings. The van der Waals surface area contributed by atoms with E-state index in [1.165, 1.54) is 12.8 Å². The highest BCUT2D eigenvalue weighted by Gasteiger charge is 2.31. The third-order valence-electron chi connectivity index (χ3n) is 5.01. The van der Waals surface area contributed by atoms with Crippen LogP contribution in [0.4, 0.5) is 0 Å². The number of nitrogens with zero attached hydrogens (tertiary/aromatic N) is 1. The minimum absolute atomic E-state index is 0.159. The van der Waals surface area contributed by atoms with Gasteiger partial charge in [-0.15, -0.1) is 11.6 Å². The molecule has 1 aliphatic heterocycles. The fraction of sp³-hybridized carbons (Fsp3) is 0.850. The number of rotatable bonds is 14. The maximum Gasteiger partial charge on any atom is 0.303 e. The number of hydrogen-bond donors (Lipinski definition) is 2. The molecule has 0 aromatic heterocycles. The van der Waals surface area contributed by atoms with Crippen LogP contribution in [-0.4, -0.2) is 51.7 Å². The van der Waals surface area contributed by atoms with E-state index in [0.29, 0.717) is 12.5 Å². The summed E-state index contributed by atoms with van der Waals surface area (Å²) in [4.78, 5) is 12.9. The van der Waals surface area contributed by atoms with Crippen LogP contribution in [0, 0.1) is 0 Å². The predicted molar refractivity (Wildman–Crippen MR) is 104 cm³/mol. The van der Waals surface area contributed by atoms with Crippen LogP contribution in [-0.2, 0) is 4.79 Å². The Kier molecular flexibility index (Phi) is 12.2. The fourth-order valence-corrected chi connectivity index (χ4v) is 3.84. The van der Waals surface area contributed by atoms with Crippen molar-refractivity contribution in [1.82, 2.24) is 4.90 Å². The van der Waals surface area contributed by atoms with Gasteiger partial charge in [0.2, 0.25) is 0 Å². The second-order valence-electron chi connectivity index (χ2n) is 7.19. The minimum atomic E-state index is -0.729. The highest BCUT2D eigenvalue weighted by atomic mass is 35.5. The monoisotopic (exact) mass is 373 g/mol. The second kappa shape index (κ2) is 13.6. The number of likely N-dealkylation sites (tertiary alicyclic amines) is 1. The van der Waals surface area contributed by atoms with Crippen molar-refractivity contribution < 1.29 is 15.0 Å². The van der Waals surface area contributed by atoms with Gasteiger partial charge in [0.15, 0.2) is 0 Å². The zero-order valence-electron chi connectivity index (χ0n) is 15.7. The van der Waals surface area contributed by atoms with Crippen molar-refractivity contribution in [3.8, 4) is 0 Å². The molecule has 1 unspecified atom stereocenters. The van der Waals surface area contributed by atoms with Crippen LogP contribution in [0.3, 0.4) is 0 Å². The second-order valence-corrected chi connectivity index (χ2v) is 7.75. The van der Waals surface area contributed by atoms with Gasteiger partial charge in [0.25, 0.3) is 0 Å². The molecule has 1 fully saturated rings. The third-order valence-corrected chi connectivity index (χ3v) is 5.52. The first kappa shape index (κ1) is 22.5. The fourth-order valence-electron chi connectivity index (χ4n) is 3.48. The molecule has 0 radical (unpaired) electrons. The van der Waals surface area contributed by atoms with Gasteiger partial charge in [-0.1, -0.05) is 38.3 Å². The lowest BCUT2D eigenvalue weighted by Gasteiger charge is -2.25. The van der Waals surface area contributed by atoms with Gasteiger partial charge in [0.1, 0.15) is 0 Å². The molecule has 2 N–H and O–H groups in total. The maximum atomic E-state index is 10.5. The molecule has 1 rings (SSSR count). The molecule has 0 saturated carbocycles. The summed E-state index contributed by atoms with van der Waals surface area (Å²) >= 11 is 6.48. The number of halogens is 1. The van der Waals surface area contributed by atoms with E-state index < -0.39 is 5.97 Å². The van der Waals surface area contributed by atoms with Crippen molar-refractivity contribution in [1.29, 1.82) is 0 Å². The largest absolute Gasteiger partial charge is 0.481 e. The average Bonchev–Trinajstić information content (AvgIpc) is 2.91. The molecular formula is C20H36ClNO3. The number of alkyl halides is 1. The molecule has 0 bridgehead atoms. The van der Waals surface area contributed by atoms with Gasteiger partial charge >= 0.3 is 5.97 Å². The van der Waals surface area contributed by atoms with Gasteiger partial charge in [-0.05, 0) is 58.0 Å². The number of aliphatic carboxylic acids is 1. The van der Waals surface area contributed by atoms with E-state index in [1.54, 1.807) is 0 Å². The molecule has 0 amide bonds. The van der Waals surface area contributed by atoms with E-state index in [0.717, 1.165) is 58.0 Å². The number of hydrogen-bond acceptors (Lipinski definition) is 3. The first-order valence-electron chi connectivity index (χ1n) is 9.97. The molecule has 0 aromatic carbocycles. The van der Waals surface area contributed by atoms with Crippen molar-refractivity contribution in [2.45, 2.75) is 95.1 Å². The highest BCUT2D eigenvalue weighted by Crippen LogP contribution is 2.26. The number of unbranched alkanes of at least 4 members (excludes halogenated alkanes) is 3. The molecule has 0 spiro atoms. The Labute approximate surface area is 158 Å². The van der Waals surface area contributed by atoms with Crippen molar-refractivity contribution in [2.24, 2.45) is 0 Å². The van der Waals surface area contributed by atoms with Crippen LogP contribution in [0.1, 0.15) is 77.6 Å². The molecule has 1 heterocycles. The Balaban J connectivity index is 2.21. The van der Waals surface area contributed by atoms with Crippen molar-refractivity contribution in [2.75, 3.05) is 13.1 Å². The van der Waals surface area contributed by atoms with E-state index in [1.807, 2.05) is 0 Å². The summed E-state index contributed by atoms with van der Waals surface area (Å²) in [7, 11) is 0. The van der Waals surface area contributed by atoms with Crippen molar-refractivity contribution in [3.63, 3.8) is 0 Å². The Morgan fingerprint density at radius 3 is 2.72 bits per heavy atom. The van der Waals surface area contributed by atoms with Crippen LogP contribution in [0.2, 0.25) is 0 Å². The van der Waals surface area contributed by atoms with Gasteiger partial charge in [0.05, 0.1) is 11.5 Å². The SMILES string of the molecule is CCCCCC(O)CCCN1CC[C@@H](Cl)[C@H]1C/C=C\CCCC(=O)O. The number of carbonyl (C=O) groups is 1. The summed E-state index contributed by atoms with van der Waals surface area (Å²) in [6, 6.07) is 0.370. The summed E-state index contributed by atoms with van der Waals surface area (Å²) in [5.74, 6) is -0.729. The highest BCUT2D eigenvalue weighted by molar-refractivity contribution is 6.21. The van der Waals surface area contributed by atoms with Gasteiger partial charge in [-0.25, -0.2) is 0 Å². The van der Waals surface area contributed by atoms with Gasteiger partial charge < -0.3 is 10.2 Å². The van der Waals surface area contributed by atoms with Gasteiger partial charge in [0, 0.05) is 12.5 Å². The van der Waals surface area contributed by atoms with E-state index in [9.17, 15) is 9.90 Å². The topological polar surface area (TPSA) is 60.8 Å². The minimum Gasteiger partial charge on any atom is -0.481 e. The zero-order valence-corrected chi connectivity index (χ0v) is 16.5. The predicted octanol–water partition coefficient (Wildman–Crippen LogP) is 4.59. The number of aliphatic hydroxyl groups is 1. The van der Waals surface area contributed by atoms with E-state index in [4.69, 9.17) is 16.7 Å². The van der Waals surface area contributed by atoms with Crippen LogP contribution in [0.25, 0.3) is 0 Å². The number of aliphatic hydroxyl groups excluding tert-OH is 1. The molecule has 1 aliphatic rings. The van der Waals surface area contributed by atoms with E-state index in [-0.39, 0.29) is 17.9 Å². The third kappa shape index (κ3) is 10.2. The normalized spacial score (nSPS) is 22.7. The molecule has 1 saturated heterocycles. The quantitative estimate of drug-likeness (QED) is 0.265. The first-order valence-corrected chi connectivity index (χ1v) is 10.4. The maximum absolute atomic E-state index is 10.5. The summed E-state index contributed by atoms with van der Waals surface area (Å²) < 4.78 is 0. The lowest BCUT2D eigenvalue weighted by molar-refractivity contribution is -0.137. The van der Waals surface area contributed by atoms with E-state index in [2.05, 4.69) is 24.0 Å². The van der Waals surface area contributed by atoms with Crippen molar-refractivity contribution >= 4 is 17.6 Å². The first-order chi connectivity index (χ1) is 12.0. The van der Waals surface area contributed by atoms with Crippen LogP contribution in [0.5, 0.6) is 0 Å². The van der Waals surface area contributed by atoms with Crippen LogP contribution >= 0.6 is 11.6 Å². The number of carboxylic acid groups (broad SMARTS) is 1. The van der Waals surface area contributed by atoms with Gasteiger partial charge in [-0.3, -0.25) is 9.69 Å². The lowest BCUT2D eigenvalue weighted by atomic mass is 10.1. The summed E-state index contributed by atoms with van der Waals surface area (Å²) in [5.41, 5.74) is 0. The Morgan fingerprint density at radius 1 is 1.24 bits per heavy atom. The number of carboxylic acids is 1. The standard InChI is InChI=1S/C20H36ClNO3/c1-2-3-6-10-17(23)11-9-15-22-16-14-18(21)19(22)12-7-4-5-8-13-20(24)25/h4,7,17-19,23H,2-3,5-6,8-16H2,1H3,(H,24,25)/b7-4-/t17?,18-,19-/m1/s1. The summed E-state index contributed by atoms with van der Waals surface area (Å²) in [5, 5.41) is 18.9. The Bertz CT molecular complexity index is 389. The smallest absolute Gasteiger partial charge is 0.303 e. The molecule has 146 valence electrons. The molecule has 25 heavy (non-hydrogen) atoms. The molecule has 0 aliphatic carbocycles. The average molecular weight is 374 g/mol. The molecule has 4 nitrogen and oxygen atoms in total. The molecule has 5 heteroatoms. The van der Waals surface area contributed by atoms with Crippen LogP contribution < -0.4 is 0 Å². The molecule has 3 atom stereocenters. The zero-order chi connectivity index (χ0) is 18.5. The van der Waals surface area contributed by atoms with Crippen molar-refractivity contribution in [3.05, 3.63) is 12.2 Å². The van der Waals surface area contributed by atoms with Crippen LogP contribution in [0.15, 0.2) is 12.2 Å². The van der Waals surface area contributed by atoms with E-state index >= 15 is 0 Å². The van der Waals surface area contributed by atoms with Gasteiger partial charge in [-0.2, -0.15) is 0 Å². The summed E-state index contributed by atoms with van der Waals surface area (Å²) in [6.07, 6.45) is 14.1. The lowest BCUT2D eigenvalue weighted by Crippen LogP contribution is -2.34. The molecular weight excluding hydrogens is 338 g/mol. The Hall–Kier alpha value is -0.580. The summed E-state index contributed by atoms with van der Waals surface area (Å²) in [6.45, 7) is 4.23. The number of allylic oxidation sites excluding steroid dienone is 1. The Morgan fingerprint density at radius 2 is 2.00 bits per heavy atom.